The third-order valence-electron chi connectivity index (χ3n) is 4.29. The summed E-state index contributed by atoms with van der Waals surface area (Å²) >= 11 is 0. The van der Waals surface area contributed by atoms with E-state index in [2.05, 4.69) is 10.6 Å². The second-order valence-corrected chi connectivity index (χ2v) is 6.24. The predicted molar refractivity (Wildman–Crippen MR) is 96.7 cm³/mol. The molecule has 0 radical (unpaired) electrons. The van der Waals surface area contributed by atoms with Crippen molar-refractivity contribution >= 4 is 29.0 Å². The zero-order valence-corrected chi connectivity index (χ0v) is 14.4. The molecule has 27 heavy (non-hydrogen) atoms. The molecule has 3 amide bonds. The minimum atomic E-state index is -0.602. The molecule has 1 saturated heterocycles. The molecule has 9 heteroatoms. The maximum atomic E-state index is 12.9. The van der Waals surface area contributed by atoms with Gasteiger partial charge in [-0.1, -0.05) is 6.92 Å². The van der Waals surface area contributed by atoms with Crippen LogP contribution >= 0.6 is 0 Å². The lowest BCUT2D eigenvalue weighted by molar-refractivity contribution is -0.384. The third-order valence-corrected chi connectivity index (χ3v) is 4.29. The van der Waals surface area contributed by atoms with E-state index >= 15 is 0 Å². The highest BCUT2D eigenvalue weighted by Gasteiger charge is 2.38. The van der Waals surface area contributed by atoms with E-state index in [1.54, 1.807) is 6.92 Å². The van der Waals surface area contributed by atoms with Crippen LogP contribution in [0.5, 0.6) is 0 Å². The molecule has 140 valence electrons. The number of carbonyl (C=O) groups is 2. The van der Waals surface area contributed by atoms with Crippen molar-refractivity contribution in [2.45, 2.75) is 19.5 Å². The summed E-state index contributed by atoms with van der Waals surface area (Å²) in [5, 5.41) is 16.1. The van der Waals surface area contributed by atoms with Crippen molar-refractivity contribution in [2.24, 2.45) is 5.92 Å². The molecule has 0 bridgehead atoms. The molecule has 2 atom stereocenters. The Bertz CT molecular complexity index is 870. The number of nitro benzene ring substituents is 1. The highest BCUT2D eigenvalue weighted by Crippen LogP contribution is 2.30. The summed E-state index contributed by atoms with van der Waals surface area (Å²) in [6.07, 6.45) is -0.207. The van der Waals surface area contributed by atoms with Gasteiger partial charge in [-0.2, -0.15) is 0 Å². The second kappa shape index (κ2) is 7.40. The molecule has 2 N–H and O–H groups in total. The maximum Gasteiger partial charge on any atom is 0.320 e. The molecule has 3 rings (SSSR count). The highest BCUT2D eigenvalue weighted by molar-refractivity contribution is 5.99. The van der Waals surface area contributed by atoms with Gasteiger partial charge in [-0.3, -0.25) is 19.8 Å². The maximum absolute atomic E-state index is 12.9. The van der Waals surface area contributed by atoms with Gasteiger partial charge in [0, 0.05) is 29.4 Å². The van der Waals surface area contributed by atoms with Crippen LogP contribution in [0.15, 0.2) is 48.5 Å². The van der Waals surface area contributed by atoms with E-state index in [0.717, 1.165) is 0 Å². The van der Waals surface area contributed by atoms with E-state index in [9.17, 15) is 24.1 Å². The van der Waals surface area contributed by atoms with E-state index in [1.807, 2.05) is 0 Å². The van der Waals surface area contributed by atoms with E-state index < -0.39 is 22.9 Å². The molecule has 0 aliphatic carbocycles. The Morgan fingerprint density at radius 3 is 2.41 bits per heavy atom. The van der Waals surface area contributed by atoms with Crippen molar-refractivity contribution in [3.8, 4) is 0 Å². The van der Waals surface area contributed by atoms with Crippen molar-refractivity contribution in [1.82, 2.24) is 5.32 Å². The number of hydrogen-bond acceptors (Lipinski definition) is 4. The summed E-state index contributed by atoms with van der Waals surface area (Å²) in [6.45, 7) is 1.75. The zero-order chi connectivity index (χ0) is 19.6. The number of non-ortho nitro benzene ring substituents is 1. The standard InChI is InChI=1S/C18H17FN4O4/c1-11-10-16(21-18(25)20-13-4-2-12(19)3-5-13)22(17(11)24)14-6-8-15(9-7-14)23(26)27/h2-9,11,16H,10H2,1H3,(H2,20,21,25)/t11-,16+/m0/s1. The lowest BCUT2D eigenvalue weighted by Gasteiger charge is -2.25. The van der Waals surface area contributed by atoms with Crippen LogP contribution in [-0.4, -0.2) is 23.0 Å². The second-order valence-electron chi connectivity index (χ2n) is 6.24. The molecule has 0 spiro atoms. The van der Waals surface area contributed by atoms with Gasteiger partial charge in [0.2, 0.25) is 5.91 Å². The fourth-order valence-corrected chi connectivity index (χ4v) is 2.95. The molecule has 0 saturated carbocycles. The number of benzene rings is 2. The number of rotatable bonds is 4. The molecule has 2 aromatic carbocycles. The Balaban J connectivity index is 1.74. The van der Waals surface area contributed by atoms with E-state index in [4.69, 9.17) is 0 Å². The van der Waals surface area contributed by atoms with E-state index in [1.165, 1.54) is 53.4 Å². The monoisotopic (exact) mass is 372 g/mol. The average molecular weight is 372 g/mol. The van der Waals surface area contributed by atoms with Crippen LogP contribution in [-0.2, 0) is 4.79 Å². The van der Waals surface area contributed by atoms with Gasteiger partial charge in [-0.15, -0.1) is 0 Å². The fourth-order valence-electron chi connectivity index (χ4n) is 2.95. The van der Waals surface area contributed by atoms with Crippen LogP contribution in [0.4, 0.5) is 26.2 Å². The number of amides is 3. The van der Waals surface area contributed by atoms with Crippen molar-refractivity contribution in [2.75, 3.05) is 10.2 Å². The van der Waals surface area contributed by atoms with Crippen LogP contribution in [0.25, 0.3) is 0 Å². The molecule has 0 unspecified atom stereocenters. The van der Waals surface area contributed by atoms with Crippen LogP contribution in [0, 0.1) is 21.8 Å². The smallest absolute Gasteiger partial charge is 0.317 e. The summed E-state index contributed by atoms with van der Waals surface area (Å²) in [5.74, 6) is -0.909. The molecule has 8 nitrogen and oxygen atoms in total. The molecule has 1 aliphatic rings. The van der Waals surface area contributed by atoms with Crippen LogP contribution in [0.2, 0.25) is 0 Å². The van der Waals surface area contributed by atoms with Crippen molar-refractivity contribution in [3.05, 3.63) is 64.5 Å². The number of halogens is 1. The lowest BCUT2D eigenvalue weighted by Crippen LogP contribution is -2.47. The first-order valence-electron chi connectivity index (χ1n) is 8.26. The first-order valence-corrected chi connectivity index (χ1v) is 8.26. The van der Waals surface area contributed by atoms with Crippen molar-refractivity contribution in [1.29, 1.82) is 0 Å². The molecule has 0 aromatic heterocycles. The number of nitrogens with zero attached hydrogens (tertiary/aromatic N) is 2. The normalized spacial score (nSPS) is 19.0. The topological polar surface area (TPSA) is 105 Å². The Hall–Kier alpha value is -3.49. The molecule has 2 aromatic rings. The first-order chi connectivity index (χ1) is 12.8. The van der Waals surface area contributed by atoms with Gasteiger partial charge >= 0.3 is 6.03 Å². The minimum Gasteiger partial charge on any atom is -0.317 e. The molecule has 1 aliphatic heterocycles. The molecule has 1 fully saturated rings. The van der Waals surface area contributed by atoms with Gasteiger partial charge in [0.15, 0.2) is 0 Å². The first kappa shape index (κ1) is 18.3. The molecule has 1 heterocycles. The number of hydrogen-bond donors (Lipinski definition) is 2. The Labute approximate surface area is 154 Å². The van der Waals surface area contributed by atoms with Crippen LogP contribution in [0.3, 0.4) is 0 Å². The highest BCUT2D eigenvalue weighted by atomic mass is 19.1. The number of nitrogens with one attached hydrogen (secondary N) is 2. The molecular formula is C18H17FN4O4. The molecular weight excluding hydrogens is 355 g/mol. The summed E-state index contributed by atoms with van der Waals surface area (Å²) in [6, 6.07) is 10.3. The largest absolute Gasteiger partial charge is 0.320 e. The number of carbonyl (C=O) groups excluding carboxylic acids is 2. The number of anilines is 2. The zero-order valence-electron chi connectivity index (χ0n) is 14.4. The summed E-state index contributed by atoms with van der Waals surface area (Å²) < 4.78 is 12.9. The SMILES string of the molecule is C[C@H]1C[C@H](NC(=O)Nc2ccc(F)cc2)N(c2ccc([N+](=O)[O-])cc2)C1=O. The lowest BCUT2D eigenvalue weighted by atomic mass is 10.1. The predicted octanol–water partition coefficient (Wildman–Crippen LogP) is 3.25. The van der Waals surface area contributed by atoms with Gasteiger partial charge in [0.1, 0.15) is 12.0 Å². The summed E-state index contributed by atoms with van der Waals surface area (Å²) in [5.41, 5.74) is 0.784. The number of urea groups is 1. The van der Waals surface area contributed by atoms with Crippen molar-refractivity contribution < 1.29 is 18.9 Å². The fraction of sp³-hybridized carbons (Fsp3) is 0.222. The quantitative estimate of drug-likeness (QED) is 0.635. The van der Waals surface area contributed by atoms with Crippen LogP contribution in [0.1, 0.15) is 13.3 Å². The minimum absolute atomic E-state index is 0.0861. The third kappa shape index (κ3) is 4.02. The summed E-state index contributed by atoms with van der Waals surface area (Å²) in [4.78, 5) is 36.4. The number of nitro groups is 1. The average Bonchev–Trinajstić information content (AvgIpc) is 2.90. The van der Waals surface area contributed by atoms with E-state index in [-0.39, 0.29) is 17.5 Å². The Kier molecular flexibility index (Phi) is 5.02. The van der Waals surface area contributed by atoms with Crippen LogP contribution < -0.4 is 15.5 Å². The Morgan fingerprint density at radius 1 is 1.19 bits per heavy atom. The van der Waals surface area contributed by atoms with Gasteiger partial charge in [0.25, 0.3) is 5.69 Å². The summed E-state index contributed by atoms with van der Waals surface area (Å²) in [7, 11) is 0. The van der Waals surface area contributed by atoms with E-state index in [0.29, 0.717) is 17.8 Å². The van der Waals surface area contributed by atoms with Gasteiger partial charge in [0.05, 0.1) is 4.92 Å². The van der Waals surface area contributed by atoms with Gasteiger partial charge in [-0.05, 0) is 42.8 Å². The van der Waals surface area contributed by atoms with Gasteiger partial charge in [-0.25, -0.2) is 9.18 Å². The Morgan fingerprint density at radius 2 is 1.81 bits per heavy atom. The van der Waals surface area contributed by atoms with Gasteiger partial charge < -0.3 is 10.6 Å². The van der Waals surface area contributed by atoms with Crippen molar-refractivity contribution in [3.63, 3.8) is 0 Å².